The first-order valence-electron chi connectivity index (χ1n) is 5.19. The van der Waals surface area contributed by atoms with Crippen molar-refractivity contribution in [2.45, 2.75) is 6.92 Å². The molecule has 15 heavy (non-hydrogen) atoms. The molecule has 0 fully saturated rings. The Morgan fingerprint density at radius 3 is 2.80 bits per heavy atom. The van der Waals surface area contributed by atoms with E-state index in [1.807, 2.05) is 6.07 Å². The van der Waals surface area contributed by atoms with Crippen LogP contribution in [0.2, 0.25) is 0 Å². The van der Waals surface area contributed by atoms with Crippen molar-refractivity contribution in [3.63, 3.8) is 0 Å². The van der Waals surface area contributed by atoms with Crippen molar-refractivity contribution in [1.82, 2.24) is 0 Å². The molecular weight excluding hydrogens is 182 g/mol. The number of nitrogens with zero attached hydrogens (tertiary/aromatic N) is 1. The summed E-state index contributed by atoms with van der Waals surface area (Å²) in [5, 5.41) is 0. The number of para-hydroxylation sites is 1. The normalized spacial score (nSPS) is 22.7. The zero-order chi connectivity index (χ0) is 10.3. The fourth-order valence-electron chi connectivity index (χ4n) is 2.12. The lowest BCUT2D eigenvalue weighted by atomic mass is 10.1. The Balaban J connectivity index is 1.98. The molecule has 1 radical (unpaired) electrons. The highest BCUT2D eigenvalue weighted by Gasteiger charge is 2.25. The molecule has 1 nitrogen and oxygen atoms in total. The van der Waals surface area contributed by atoms with Gasteiger partial charge < -0.3 is 4.90 Å². The van der Waals surface area contributed by atoms with Crippen molar-refractivity contribution in [1.29, 1.82) is 0 Å². The zero-order valence-electron chi connectivity index (χ0n) is 8.64. The summed E-state index contributed by atoms with van der Waals surface area (Å²) in [5.41, 5.74) is 3.85. The summed E-state index contributed by atoms with van der Waals surface area (Å²) in [5.74, 6) is 0.435. The second kappa shape index (κ2) is 3.13. The molecule has 0 amide bonds. The van der Waals surface area contributed by atoms with Crippen molar-refractivity contribution >= 4 is 5.69 Å². The van der Waals surface area contributed by atoms with Crippen LogP contribution in [0.1, 0.15) is 6.92 Å². The van der Waals surface area contributed by atoms with E-state index in [-0.39, 0.29) is 0 Å². The number of fused-ring (bicyclic) bond motifs is 1. The predicted molar refractivity (Wildman–Crippen MR) is 62.1 cm³/mol. The third kappa shape index (κ3) is 1.32. The van der Waals surface area contributed by atoms with E-state index in [2.05, 4.69) is 60.5 Å². The van der Waals surface area contributed by atoms with Gasteiger partial charge in [-0.25, -0.2) is 0 Å². The van der Waals surface area contributed by atoms with Gasteiger partial charge >= 0.3 is 0 Å². The molecule has 1 aliphatic carbocycles. The molecule has 1 heteroatoms. The first-order valence-corrected chi connectivity index (χ1v) is 5.19. The van der Waals surface area contributed by atoms with E-state index in [1.165, 1.54) is 17.0 Å². The molecular formula is C14H12N. The van der Waals surface area contributed by atoms with Crippen LogP contribution in [0.25, 0.3) is 0 Å². The van der Waals surface area contributed by atoms with Crippen LogP contribution in [-0.2, 0) is 0 Å². The summed E-state index contributed by atoms with van der Waals surface area (Å²) in [6.07, 6.45) is 9.91. The Bertz CT molecular complexity index is 465. The number of hydrogen-bond acceptors (Lipinski definition) is 1. The molecule has 3 rings (SSSR count). The van der Waals surface area contributed by atoms with Crippen LogP contribution >= 0.6 is 0 Å². The standard InChI is InChI=1S/C14H12N/c1-11-9-12-7-8-15(14(12)10-11)13-5-3-2-4-6-13/h2-7,9-10,12H,1H3. The minimum Gasteiger partial charge on any atom is -0.311 e. The summed E-state index contributed by atoms with van der Waals surface area (Å²) in [4.78, 5) is 2.14. The highest BCUT2D eigenvalue weighted by Crippen LogP contribution is 2.35. The van der Waals surface area contributed by atoms with E-state index in [4.69, 9.17) is 0 Å². The van der Waals surface area contributed by atoms with Crippen molar-refractivity contribution in [2.75, 3.05) is 4.90 Å². The Morgan fingerprint density at radius 2 is 2.00 bits per heavy atom. The van der Waals surface area contributed by atoms with Crippen LogP contribution in [0, 0.1) is 12.1 Å². The predicted octanol–water partition coefficient (Wildman–Crippen LogP) is 3.28. The molecule has 0 N–H and O–H groups in total. The van der Waals surface area contributed by atoms with Crippen LogP contribution < -0.4 is 4.90 Å². The lowest BCUT2D eigenvalue weighted by molar-refractivity contribution is 0.992. The highest BCUT2D eigenvalue weighted by atomic mass is 15.1. The van der Waals surface area contributed by atoms with Gasteiger partial charge in [-0.15, -0.1) is 0 Å². The minimum atomic E-state index is 0.435. The van der Waals surface area contributed by atoms with Gasteiger partial charge in [0.1, 0.15) is 0 Å². The van der Waals surface area contributed by atoms with E-state index in [9.17, 15) is 0 Å². The van der Waals surface area contributed by atoms with Gasteiger partial charge in [-0.3, -0.25) is 0 Å². The Morgan fingerprint density at radius 1 is 1.20 bits per heavy atom. The fourth-order valence-corrected chi connectivity index (χ4v) is 2.12. The quantitative estimate of drug-likeness (QED) is 0.663. The van der Waals surface area contributed by atoms with Crippen molar-refractivity contribution in [3.05, 3.63) is 66.0 Å². The molecule has 1 atom stereocenters. The second-order valence-electron chi connectivity index (χ2n) is 3.97. The highest BCUT2D eigenvalue weighted by molar-refractivity contribution is 5.60. The monoisotopic (exact) mass is 194 g/mol. The van der Waals surface area contributed by atoms with E-state index < -0.39 is 0 Å². The molecule has 1 aromatic carbocycles. The van der Waals surface area contributed by atoms with Crippen LogP contribution in [0.4, 0.5) is 5.69 Å². The maximum atomic E-state index is 3.29. The molecule has 1 aromatic rings. The average Bonchev–Trinajstić information content (AvgIpc) is 2.77. The lowest BCUT2D eigenvalue weighted by Crippen LogP contribution is -2.12. The summed E-state index contributed by atoms with van der Waals surface area (Å²) >= 11 is 0. The molecule has 0 saturated heterocycles. The Kier molecular flexibility index (Phi) is 1.78. The molecule has 0 aromatic heterocycles. The Labute approximate surface area is 90.0 Å². The minimum absolute atomic E-state index is 0.435. The summed E-state index contributed by atoms with van der Waals surface area (Å²) < 4.78 is 0. The third-order valence-corrected chi connectivity index (χ3v) is 2.82. The summed E-state index contributed by atoms with van der Waals surface area (Å²) in [6, 6.07) is 10.4. The SMILES string of the molecule is CC1=CC2C=[C]N(c3ccccc3)C2=C1. The average molecular weight is 194 g/mol. The molecule has 0 spiro atoms. The number of hydrogen-bond donors (Lipinski definition) is 0. The number of allylic oxidation sites excluding steroid dienone is 3. The van der Waals surface area contributed by atoms with E-state index in [0.717, 1.165) is 0 Å². The van der Waals surface area contributed by atoms with Gasteiger partial charge in [0.05, 0.1) is 6.20 Å². The first kappa shape index (κ1) is 8.54. The van der Waals surface area contributed by atoms with E-state index in [1.54, 1.807) is 0 Å². The molecule has 0 saturated carbocycles. The smallest absolute Gasteiger partial charge is 0.0666 e. The third-order valence-electron chi connectivity index (χ3n) is 2.82. The van der Waals surface area contributed by atoms with Crippen LogP contribution in [-0.4, -0.2) is 0 Å². The van der Waals surface area contributed by atoms with Gasteiger partial charge in [-0.2, -0.15) is 0 Å². The topological polar surface area (TPSA) is 3.24 Å². The summed E-state index contributed by atoms with van der Waals surface area (Å²) in [6.45, 7) is 2.14. The van der Waals surface area contributed by atoms with E-state index in [0.29, 0.717) is 5.92 Å². The molecule has 2 aliphatic rings. The van der Waals surface area contributed by atoms with Gasteiger partial charge in [-0.1, -0.05) is 29.8 Å². The molecule has 1 aliphatic heterocycles. The zero-order valence-corrected chi connectivity index (χ0v) is 8.64. The van der Waals surface area contributed by atoms with Gasteiger partial charge in [0.2, 0.25) is 0 Å². The number of anilines is 1. The van der Waals surface area contributed by atoms with Crippen LogP contribution in [0.15, 0.2) is 59.8 Å². The second-order valence-corrected chi connectivity index (χ2v) is 3.97. The first-order chi connectivity index (χ1) is 7.34. The van der Waals surface area contributed by atoms with E-state index >= 15 is 0 Å². The summed E-state index contributed by atoms with van der Waals surface area (Å²) in [7, 11) is 0. The lowest BCUT2D eigenvalue weighted by Gasteiger charge is -2.18. The largest absolute Gasteiger partial charge is 0.311 e. The van der Waals surface area contributed by atoms with Crippen LogP contribution in [0.5, 0.6) is 0 Å². The molecule has 1 heterocycles. The fraction of sp³-hybridized carbons (Fsp3) is 0.143. The van der Waals surface area contributed by atoms with Crippen molar-refractivity contribution in [2.24, 2.45) is 5.92 Å². The van der Waals surface area contributed by atoms with Crippen molar-refractivity contribution < 1.29 is 0 Å². The van der Waals surface area contributed by atoms with Gasteiger partial charge in [0.25, 0.3) is 0 Å². The molecule has 0 bridgehead atoms. The maximum Gasteiger partial charge on any atom is 0.0666 e. The molecule has 1 unspecified atom stereocenters. The number of rotatable bonds is 1. The van der Waals surface area contributed by atoms with Gasteiger partial charge in [0.15, 0.2) is 0 Å². The van der Waals surface area contributed by atoms with Gasteiger partial charge in [0, 0.05) is 17.3 Å². The Hall–Kier alpha value is -1.76. The van der Waals surface area contributed by atoms with Gasteiger partial charge in [-0.05, 0) is 31.2 Å². The van der Waals surface area contributed by atoms with Crippen molar-refractivity contribution in [3.8, 4) is 0 Å². The number of benzene rings is 1. The van der Waals surface area contributed by atoms with Crippen LogP contribution in [0.3, 0.4) is 0 Å². The maximum absolute atomic E-state index is 3.29. The molecule has 73 valence electrons.